The number of nitrogens with zero attached hydrogens (tertiary/aromatic N) is 4. The monoisotopic (exact) mass is 396 g/mol. The highest BCUT2D eigenvalue weighted by molar-refractivity contribution is 5.94. The van der Waals surface area contributed by atoms with Gasteiger partial charge < -0.3 is 14.7 Å². The Kier molecular flexibility index (Phi) is 5.27. The number of amides is 1. The van der Waals surface area contributed by atoms with Crippen LogP contribution in [0.3, 0.4) is 0 Å². The first-order chi connectivity index (χ1) is 14.1. The molecular weight excluding hydrogens is 360 g/mol. The Bertz CT molecular complexity index is 711. The minimum Gasteiger partial charge on any atom is -0.357 e. The molecule has 0 bridgehead atoms. The number of rotatable bonds is 3. The molecular formula is C24H36N4O. The van der Waals surface area contributed by atoms with Crippen LogP contribution in [0.25, 0.3) is 0 Å². The van der Waals surface area contributed by atoms with Crippen LogP contribution >= 0.6 is 0 Å². The molecule has 158 valence electrons. The van der Waals surface area contributed by atoms with E-state index in [0.717, 1.165) is 49.9 Å². The van der Waals surface area contributed by atoms with Gasteiger partial charge in [-0.15, -0.1) is 0 Å². The molecule has 0 aromatic carbocycles. The van der Waals surface area contributed by atoms with Crippen molar-refractivity contribution in [3.63, 3.8) is 0 Å². The molecule has 3 saturated heterocycles. The first-order valence-corrected chi connectivity index (χ1v) is 11.9. The Labute approximate surface area is 175 Å². The molecule has 1 aromatic rings. The van der Waals surface area contributed by atoms with Crippen molar-refractivity contribution in [2.75, 3.05) is 37.6 Å². The van der Waals surface area contributed by atoms with E-state index in [1.807, 2.05) is 11.0 Å². The maximum atomic E-state index is 12.7. The molecule has 4 fully saturated rings. The summed E-state index contributed by atoms with van der Waals surface area (Å²) in [7, 11) is 0. The van der Waals surface area contributed by atoms with E-state index in [-0.39, 0.29) is 5.91 Å². The highest BCUT2D eigenvalue weighted by Gasteiger charge is 2.39. The molecule has 5 nitrogen and oxygen atoms in total. The van der Waals surface area contributed by atoms with Gasteiger partial charge in [-0.05, 0) is 88.9 Å². The molecule has 4 aliphatic rings. The van der Waals surface area contributed by atoms with Crippen molar-refractivity contribution in [2.24, 2.45) is 5.41 Å². The summed E-state index contributed by atoms with van der Waals surface area (Å²) in [5, 5.41) is 0. The Morgan fingerprint density at radius 1 is 0.966 bits per heavy atom. The number of anilines is 1. The van der Waals surface area contributed by atoms with Crippen LogP contribution in [0.15, 0.2) is 18.3 Å². The summed E-state index contributed by atoms with van der Waals surface area (Å²) in [6, 6.07) is 5.31. The summed E-state index contributed by atoms with van der Waals surface area (Å²) < 4.78 is 0. The maximum absolute atomic E-state index is 12.7. The number of carbonyl (C=O) groups is 1. The molecule has 1 amide bonds. The van der Waals surface area contributed by atoms with E-state index in [1.165, 1.54) is 58.0 Å². The van der Waals surface area contributed by atoms with Gasteiger partial charge in [0.15, 0.2) is 0 Å². The maximum Gasteiger partial charge on any atom is 0.255 e. The lowest BCUT2D eigenvalue weighted by molar-refractivity contribution is 0.0305. The van der Waals surface area contributed by atoms with Crippen LogP contribution in [0.5, 0.6) is 0 Å². The zero-order chi connectivity index (χ0) is 19.8. The number of aromatic nitrogens is 1. The number of likely N-dealkylation sites (tertiary alicyclic amines) is 2. The average Bonchev–Trinajstić information content (AvgIpc) is 3.15. The number of hydrogen-bond donors (Lipinski definition) is 0. The van der Waals surface area contributed by atoms with E-state index in [4.69, 9.17) is 0 Å². The van der Waals surface area contributed by atoms with E-state index >= 15 is 0 Å². The fourth-order valence-electron chi connectivity index (χ4n) is 5.93. The first-order valence-electron chi connectivity index (χ1n) is 11.9. The second-order valence-electron chi connectivity index (χ2n) is 10.0. The molecule has 29 heavy (non-hydrogen) atoms. The number of piperidine rings is 2. The lowest BCUT2D eigenvalue weighted by Crippen LogP contribution is -2.51. The fourth-order valence-corrected chi connectivity index (χ4v) is 5.93. The van der Waals surface area contributed by atoms with Gasteiger partial charge in [0.05, 0.1) is 5.56 Å². The Hall–Kier alpha value is -1.62. The van der Waals surface area contributed by atoms with Gasteiger partial charge in [-0.3, -0.25) is 4.79 Å². The third-order valence-electron chi connectivity index (χ3n) is 8.41. The Balaban J connectivity index is 1.15. The van der Waals surface area contributed by atoms with E-state index < -0.39 is 0 Å². The minimum atomic E-state index is 0.143. The minimum absolute atomic E-state index is 0.143. The standard InChI is InChI=1S/C24H36N4O/c1-19-4-3-13-28(19)23(29)20-7-8-22(25-18-20)27-16-11-24(12-17-27)9-14-26(15-10-24)21-5-2-6-21/h7-8,18-19,21H,2-6,9-17H2,1H3. The normalized spacial score (nSPS) is 28.0. The predicted molar refractivity (Wildman–Crippen MR) is 116 cm³/mol. The van der Waals surface area contributed by atoms with E-state index in [1.54, 1.807) is 6.20 Å². The molecule has 1 aromatic heterocycles. The largest absolute Gasteiger partial charge is 0.357 e. The van der Waals surface area contributed by atoms with Gasteiger partial charge in [0.25, 0.3) is 5.91 Å². The lowest BCUT2D eigenvalue weighted by atomic mass is 9.70. The highest BCUT2D eigenvalue weighted by atomic mass is 16.2. The molecule has 0 radical (unpaired) electrons. The summed E-state index contributed by atoms with van der Waals surface area (Å²) in [5.41, 5.74) is 1.30. The molecule has 5 rings (SSSR count). The first kappa shape index (κ1) is 19.3. The Morgan fingerprint density at radius 2 is 1.69 bits per heavy atom. The number of carbonyl (C=O) groups excluding carboxylic acids is 1. The van der Waals surface area contributed by atoms with Gasteiger partial charge in [-0.1, -0.05) is 6.42 Å². The van der Waals surface area contributed by atoms with Crippen LogP contribution in [0, 0.1) is 5.41 Å². The van der Waals surface area contributed by atoms with Crippen molar-refractivity contribution >= 4 is 11.7 Å². The second-order valence-corrected chi connectivity index (χ2v) is 10.0. The molecule has 1 aliphatic carbocycles. The van der Waals surface area contributed by atoms with Crippen LogP contribution in [0.4, 0.5) is 5.82 Å². The zero-order valence-corrected chi connectivity index (χ0v) is 18.0. The molecule has 3 aliphatic heterocycles. The quantitative estimate of drug-likeness (QED) is 0.776. The summed E-state index contributed by atoms with van der Waals surface area (Å²) in [6.45, 7) is 7.87. The van der Waals surface area contributed by atoms with E-state index in [2.05, 4.69) is 27.8 Å². The van der Waals surface area contributed by atoms with Crippen molar-refractivity contribution in [2.45, 2.75) is 76.8 Å². The van der Waals surface area contributed by atoms with Gasteiger partial charge in [0.1, 0.15) is 5.82 Å². The zero-order valence-electron chi connectivity index (χ0n) is 18.0. The van der Waals surface area contributed by atoms with Crippen LogP contribution < -0.4 is 4.90 Å². The summed E-state index contributed by atoms with van der Waals surface area (Å²) in [5.74, 6) is 1.18. The lowest BCUT2D eigenvalue weighted by Gasteiger charge is -2.50. The van der Waals surface area contributed by atoms with Crippen LogP contribution in [-0.2, 0) is 0 Å². The van der Waals surface area contributed by atoms with Crippen molar-refractivity contribution < 1.29 is 4.79 Å². The van der Waals surface area contributed by atoms with Crippen molar-refractivity contribution in [1.82, 2.24) is 14.8 Å². The smallest absolute Gasteiger partial charge is 0.255 e. The second kappa shape index (κ2) is 7.90. The molecule has 1 unspecified atom stereocenters. The SMILES string of the molecule is CC1CCCN1C(=O)c1ccc(N2CCC3(CC2)CCN(C2CCC2)CC3)nc1. The van der Waals surface area contributed by atoms with Crippen LogP contribution in [0.2, 0.25) is 0 Å². The highest BCUT2D eigenvalue weighted by Crippen LogP contribution is 2.43. The van der Waals surface area contributed by atoms with Crippen LogP contribution in [0.1, 0.15) is 75.1 Å². The van der Waals surface area contributed by atoms with Gasteiger partial charge in [-0.25, -0.2) is 4.98 Å². The average molecular weight is 397 g/mol. The molecule has 1 atom stereocenters. The number of pyridine rings is 1. The third-order valence-corrected chi connectivity index (χ3v) is 8.41. The predicted octanol–water partition coefficient (Wildman–Crippen LogP) is 3.94. The Morgan fingerprint density at radius 3 is 2.24 bits per heavy atom. The van der Waals surface area contributed by atoms with Crippen molar-refractivity contribution in [3.05, 3.63) is 23.9 Å². The van der Waals surface area contributed by atoms with E-state index in [0.29, 0.717) is 11.5 Å². The van der Waals surface area contributed by atoms with Gasteiger partial charge in [0, 0.05) is 37.9 Å². The summed E-state index contributed by atoms with van der Waals surface area (Å²) in [6.07, 6.45) is 13.7. The molecule has 5 heteroatoms. The molecule has 0 N–H and O–H groups in total. The third kappa shape index (κ3) is 3.78. The van der Waals surface area contributed by atoms with Gasteiger partial charge in [0.2, 0.25) is 0 Å². The summed E-state index contributed by atoms with van der Waals surface area (Å²) >= 11 is 0. The molecule has 1 spiro atoms. The summed E-state index contributed by atoms with van der Waals surface area (Å²) in [4.78, 5) is 24.6. The van der Waals surface area contributed by atoms with Crippen LogP contribution in [-0.4, -0.2) is 65.5 Å². The molecule has 4 heterocycles. The van der Waals surface area contributed by atoms with E-state index in [9.17, 15) is 4.79 Å². The van der Waals surface area contributed by atoms with Gasteiger partial charge >= 0.3 is 0 Å². The molecule has 1 saturated carbocycles. The topological polar surface area (TPSA) is 39.7 Å². The van der Waals surface area contributed by atoms with Gasteiger partial charge in [-0.2, -0.15) is 0 Å². The number of hydrogen-bond acceptors (Lipinski definition) is 4. The van der Waals surface area contributed by atoms with Crippen molar-refractivity contribution in [3.8, 4) is 0 Å². The fraction of sp³-hybridized carbons (Fsp3) is 0.750. The van der Waals surface area contributed by atoms with Crippen molar-refractivity contribution in [1.29, 1.82) is 0 Å².